The summed E-state index contributed by atoms with van der Waals surface area (Å²) in [6, 6.07) is 8.08. The molecule has 3 rings (SSSR count). The van der Waals surface area contributed by atoms with Gasteiger partial charge in [-0.1, -0.05) is 11.6 Å². The summed E-state index contributed by atoms with van der Waals surface area (Å²) in [6.45, 7) is 8.50. The first-order chi connectivity index (χ1) is 12.1. The SMILES string of the molecule is COCCN1CC[C@@H](CNC(=O)c2cc3cc(C)ccc3nc2C)C1. The van der Waals surface area contributed by atoms with E-state index in [1.54, 1.807) is 7.11 Å². The Balaban J connectivity index is 1.62. The second-order valence-corrected chi connectivity index (χ2v) is 6.98. The van der Waals surface area contributed by atoms with Crippen LogP contribution in [0.2, 0.25) is 0 Å². The van der Waals surface area contributed by atoms with Crippen LogP contribution in [0.4, 0.5) is 0 Å². The Morgan fingerprint density at radius 3 is 3.00 bits per heavy atom. The Kier molecular flexibility index (Phi) is 5.66. The number of methoxy groups -OCH3 is 1. The van der Waals surface area contributed by atoms with Crippen LogP contribution >= 0.6 is 0 Å². The number of nitrogens with one attached hydrogen (secondary N) is 1. The predicted octanol–water partition coefficient (Wildman–Crippen LogP) is 2.55. The molecule has 2 aromatic rings. The number of fused-ring (bicyclic) bond motifs is 1. The van der Waals surface area contributed by atoms with Gasteiger partial charge in [0.05, 0.1) is 23.4 Å². The van der Waals surface area contributed by atoms with E-state index in [0.717, 1.165) is 49.3 Å². The molecule has 1 aliphatic heterocycles. The lowest BCUT2D eigenvalue weighted by Gasteiger charge is -2.16. The van der Waals surface area contributed by atoms with Gasteiger partial charge in [0.2, 0.25) is 0 Å². The summed E-state index contributed by atoms with van der Waals surface area (Å²) >= 11 is 0. The van der Waals surface area contributed by atoms with E-state index >= 15 is 0 Å². The van der Waals surface area contributed by atoms with Gasteiger partial charge in [0.25, 0.3) is 5.91 Å². The Bertz CT molecular complexity index is 760. The highest BCUT2D eigenvalue weighted by molar-refractivity contribution is 5.98. The maximum Gasteiger partial charge on any atom is 0.253 e. The zero-order chi connectivity index (χ0) is 17.8. The fraction of sp³-hybridized carbons (Fsp3) is 0.500. The van der Waals surface area contributed by atoms with Crippen molar-refractivity contribution in [3.63, 3.8) is 0 Å². The van der Waals surface area contributed by atoms with E-state index in [1.165, 1.54) is 5.56 Å². The Morgan fingerprint density at radius 2 is 2.20 bits per heavy atom. The monoisotopic (exact) mass is 341 g/mol. The number of hydrogen-bond donors (Lipinski definition) is 1. The molecule has 2 heterocycles. The zero-order valence-corrected chi connectivity index (χ0v) is 15.3. The first kappa shape index (κ1) is 17.8. The second-order valence-electron chi connectivity index (χ2n) is 6.98. The van der Waals surface area contributed by atoms with Gasteiger partial charge in [-0.3, -0.25) is 9.78 Å². The molecular formula is C20H27N3O2. The summed E-state index contributed by atoms with van der Waals surface area (Å²) in [7, 11) is 1.73. The molecule has 1 aliphatic rings. The average molecular weight is 341 g/mol. The number of benzene rings is 1. The van der Waals surface area contributed by atoms with Crippen molar-refractivity contribution in [2.75, 3.05) is 39.9 Å². The van der Waals surface area contributed by atoms with Crippen molar-refractivity contribution in [2.24, 2.45) is 5.92 Å². The number of aromatic nitrogens is 1. The first-order valence-corrected chi connectivity index (χ1v) is 8.94. The van der Waals surface area contributed by atoms with Crippen molar-refractivity contribution in [1.29, 1.82) is 0 Å². The fourth-order valence-corrected chi connectivity index (χ4v) is 3.46. The molecule has 1 N–H and O–H groups in total. The highest BCUT2D eigenvalue weighted by atomic mass is 16.5. The number of rotatable bonds is 6. The Morgan fingerprint density at radius 1 is 1.36 bits per heavy atom. The fourth-order valence-electron chi connectivity index (χ4n) is 3.46. The highest BCUT2D eigenvalue weighted by Gasteiger charge is 2.23. The third-order valence-electron chi connectivity index (χ3n) is 4.94. The highest BCUT2D eigenvalue weighted by Crippen LogP contribution is 2.19. The second kappa shape index (κ2) is 7.93. The molecule has 25 heavy (non-hydrogen) atoms. The van der Waals surface area contributed by atoms with Gasteiger partial charge in [-0.15, -0.1) is 0 Å². The van der Waals surface area contributed by atoms with Crippen LogP contribution in [0.1, 0.15) is 28.0 Å². The third-order valence-corrected chi connectivity index (χ3v) is 4.94. The molecule has 5 heteroatoms. The van der Waals surface area contributed by atoms with Crippen LogP contribution in [0, 0.1) is 19.8 Å². The van der Waals surface area contributed by atoms with Crippen LogP contribution in [0.15, 0.2) is 24.3 Å². The van der Waals surface area contributed by atoms with Crippen LogP contribution in [0.3, 0.4) is 0 Å². The van der Waals surface area contributed by atoms with Gasteiger partial charge in [0.15, 0.2) is 0 Å². The molecule has 0 radical (unpaired) electrons. The van der Waals surface area contributed by atoms with Gasteiger partial charge >= 0.3 is 0 Å². The van der Waals surface area contributed by atoms with Gasteiger partial charge < -0.3 is 15.0 Å². The number of pyridine rings is 1. The van der Waals surface area contributed by atoms with Crippen LogP contribution < -0.4 is 5.32 Å². The van der Waals surface area contributed by atoms with Gasteiger partial charge in [-0.05, 0) is 50.9 Å². The van der Waals surface area contributed by atoms with Gasteiger partial charge in [-0.25, -0.2) is 0 Å². The van der Waals surface area contributed by atoms with E-state index < -0.39 is 0 Å². The molecule has 0 bridgehead atoms. The molecule has 134 valence electrons. The molecule has 0 spiro atoms. The van der Waals surface area contributed by atoms with Crippen molar-refractivity contribution in [3.05, 3.63) is 41.1 Å². The number of ether oxygens (including phenoxy) is 1. The minimum absolute atomic E-state index is 0.0243. The number of amides is 1. The molecule has 5 nitrogen and oxygen atoms in total. The van der Waals surface area contributed by atoms with E-state index in [-0.39, 0.29) is 5.91 Å². The van der Waals surface area contributed by atoms with Crippen LogP contribution in [-0.2, 0) is 4.74 Å². The van der Waals surface area contributed by atoms with Gasteiger partial charge in [-0.2, -0.15) is 0 Å². The summed E-state index contributed by atoms with van der Waals surface area (Å²) in [6.07, 6.45) is 1.12. The van der Waals surface area contributed by atoms with Crippen molar-refractivity contribution >= 4 is 16.8 Å². The van der Waals surface area contributed by atoms with E-state index in [9.17, 15) is 4.79 Å². The Hall–Kier alpha value is -1.98. The molecule has 0 unspecified atom stereocenters. The van der Waals surface area contributed by atoms with Crippen molar-refractivity contribution in [2.45, 2.75) is 20.3 Å². The predicted molar refractivity (Wildman–Crippen MR) is 100.0 cm³/mol. The number of nitrogens with zero attached hydrogens (tertiary/aromatic N) is 2. The first-order valence-electron chi connectivity index (χ1n) is 8.94. The van der Waals surface area contributed by atoms with E-state index in [4.69, 9.17) is 4.74 Å². The molecule has 1 atom stereocenters. The topological polar surface area (TPSA) is 54.5 Å². The molecule has 1 aromatic carbocycles. The number of likely N-dealkylation sites (tertiary alicyclic amines) is 1. The number of aryl methyl sites for hydroxylation is 2. The quantitative estimate of drug-likeness (QED) is 0.877. The molecule has 1 saturated heterocycles. The molecule has 0 aliphatic carbocycles. The molecule has 1 amide bonds. The summed E-state index contributed by atoms with van der Waals surface area (Å²) in [5.74, 6) is 0.487. The largest absolute Gasteiger partial charge is 0.383 e. The number of carbonyl (C=O) groups is 1. The van der Waals surface area contributed by atoms with Gasteiger partial charge in [0.1, 0.15) is 0 Å². The summed E-state index contributed by atoms with van der Waals surface area (Å²) in [5, 5.41) is 4.12. The lowest BCUT2D eigenvalue weighted by Crippen LogP contribution is -2.32. The lowest BCUT2D eigenvalue weighted by atomic mass is 10.1. The smallest absolute Gasteiger partial charge is 0.253 e. The molecule has 1 aromatic heterocycles. The van der Waals surface area contributed by atoms with Crippen molar-refractivity contribution in [1.82, 2.24) is 15.2 Å². The minimum Gasteiger partial charge on any atom is -0.383 e. The average Bonchev–Trinajstić information content (AvgIpc) is 3.05. The standard InChI is InChI=1S/C20H27N3O2/c1-14-4-5-19-17(10-14)11-18(15(2)22-19)20(24)21-12-16-6-7-23(13-16)8-9-25-3/h4-5,10-11,16H,6-9,12-13H2,1-3H3,(H,21,24)/t16-/m0/s1. The van der Waals surface area contributed by atoms with E-state index in [0.29, 0.717) is 18.0 Å². The maximum atomic E-state index is 12.6. The van der Waals surface area contributed by atoms with E-state index in [1.807, 2.05) is 25.1 Å². The van der Waals surface area contributed by atoms with Crippen molar-refractivity contribution < 1.29 is 9.53 Å². The normalized spacial score (nSPS) is 18.0. The molecular weight excluding hydrogens is 314 g/mol. The summed E-state index contributed by atoms with van der Waals surface area (Å²) < 4.78 is 5.13. The summed E-state index contributed by atoms with van der Waals surface area (Å²) in [4.78, 5) is 19.6. The Labute approximate surface area is 149 Å². The lowest BCUT2D eigenvalue weighted by molar-refractivity contribution is 0.0946. The zero-order valence-electron chi connectivity index (χ0n) is 15.3. The minimum atomic E-state index is -0.0243. The maximum absolute atomic E-state index is 12.6. The third kappa shape index (κ3) is 4.35. The summed E-state index contributed by atoms with van der Waals surface area (Å²) in [5.41, 5.74) is 3.56. The van der Waals surface area contributed by atoms with Gasteiger partial charge in [0, 0.05) is 32.1 Å². The van der Waals surface area contributed by atoms with Crippen LogP contribution in [0.5, 0.6) is 0 Å². The van der Waals surface area contributed by atoms with Crippen LogP contribution in [0.25, 0.3) is 10.9 Å². The van der Waals surface area contributed by atoms with Crippen LogP contribution in [-0.4, -0.2) is 55.7 Å². The number of hydrogen-bond acceptors (Lipinski definition) is 4. The van der Waals surface area contributed by atoms with Crippen molar-refractivity contribution in [3.8, 4) is 0 Å². The molecule has 1 fully saturated rings. The number of carbonyl (C=O) groups excluding carboxylic acids is 1. The molecule has 0 saturated carbocycles. The van der Waals surface area contributed by atoms with E-state index in [2.05, 4.69) is 28.2 Å².